The second-order valence-electron chi connectivity index (χ2n) is 3.87. The first kappa shape index (κ1) is 13.0. The molecule has 0 saturated carbocycles. The smallest absolute Gasteiger partial charge is 0.177 e. The van der Waals surface area contributed by atoms with Gasteiger partial charge in [0.25, 0.3) is 0 Å². The minimum atomic E-state index is -1.32. The molecule has 0 unspecified atom stereocenters. The summed E-state index contributed by atoms with van der Waals surface area (Å²) in [6, 6.07) is 4.05. The van der Waals surface area contributed by atoms with Crippen LogP contribution >= 0.6 is 11.6 Å². The number of hydrogen-bond acceptors (Lipinski definition) is 4. The standard InChI is InChI=1S/C11H13ClO4/c1-11(5-13,6-14)10(16)8-4-7(12)2-3-9(8)15/h2-4,13-15H,5-6H2,1H3. The van der Waals surface area contributed by atoms with E-state index in [0.717, 1.165) is 0 Å². The quantitative estimate of drug-likeness (QED) is 0.696. The molecule has 0 atom stereocenters. The first-order chi connectivity index (χ1) is 7.44. The summed E-state index contributed by atoms with van der Waals surface area (Å²) < 4.78 is 0. The Morgan fingerprint density at radius 1 is 1.38 bits per heavy atom. The van der Waals surface area contributed by atoms with Crippen LogP contribution in [0.2, 0.25) is 5.02 Å². The van der Waals surface area contributed by atoms with Crippen LogP contribution in [0, 0.1) is 5.41 Å². The number of aliphatic hydroxyl groups excluding tert-OH is 2. The number of aromatic hydroxyl groups is 1. The third kappa shape index (κ3) is 2.35. The molecule has 4 nitrogen and oxygen atoms in total. The van der Waals surface area contributed by atoms with Crippen LogP contribution in [-0.4, -0.2) is 34.3 Å². The number of carbonyl (C=O) groups excluding carboxylic acids is 1. The lowest BCUT2D eigenvalue weighted by molar-refractivity contribution is 0.0479. The second kappa shape index (κ2) is 4.82. The Kier molecular flexibility index (Phi) is 3.91. The SMILES string of the molecule is CC(CO)(CO)C(=O)c1cc(Cl)ccc1O. The van der Waals surface area contributed by atoms with Gasteiger partial charge in [-0.05, 0) is 25.1 Å². The van der Waals surface area contributed by atoms with Crippen molar-refractivity contribution in [1.29, 1.82) is 0 Å². The van der Waals surface area contributed by atoms with Crippen molar-refractivity contribution in [3.63, 3.8) is 0 Å². The molecule has 16 heavy (non-hydrogen) atoms. The molecule has 1 aromatic carbocycles. The highest BCUT2D eigenvalue weighted by Crippen LogP contribution is 2.29. The van der Waals surface area contributed by atoms with Crippen molar-refractivity contribution in [3.8, 4) is 5.75 Å². The highest BCUT2D eigenvalue weighted by atomic mass is 35.5. The van der Waals surface area contributed by atoms with E-state index in [1.165, 1.54) is 25.1 Å². The van der Waals surface area contributed by atoms with Crippen LogP contribution in [0.3, 0.4) is 0 Å². The number of aliphatic hydroxyl groups is 2. The Bertz CT molecular complexity index is 399. The molecule has 0 aromatic heterocycles. The maximum atomic E-state index is 12.0. The van der Waals surface area contributed by atoms with Gasteiger partial charge in [0.15, 0.2) is 5.78 Å². The molecule has 0 amide bonds. The highest BCUT2D eigenvalue weighted by molar-refractivity contribution is 6.31. The molecule has 1 rings (SSSR count). The van der Waals surface area contributed by atoms with Crippen LogP contribution < -0.4 is 0 Å². The largest absolute Gasteiger partial charge is 0.507 e. The fraction of sp³-hybridized carbons (Fsp3) is 0.364. The molecule has 88 valence electrons. The summed E-state index contributed by atoms with van der Waals surface area (Å²) in [6.07, 6.45) is 0. The zero-order chi connectivity index (χ0) is 12.3. The van der Waals surface area contributed by atoms with E-state index < -0.39 is 24.4 Å². The van der Waals surface area contributed by atoms with E-state index >= 15 is 0 Å². The van der Waals surface area contributed by atoms with Crippen molar-refractivity contribution < 1.29 is 20.1 Å². The van der Waals surface area contributed by atoms with Gasteiger partial charge >= 0.3 is 0 Å². The molecule has 0 bridgehead atoms. The molecule has 0 saturated heterocycles. The van der Waals surface area contributed by atoms with E-state index in [2.05, 4.69) is 0 Å². The molecule has 0 aliphatic carbocycles. The van der Waals surface area contributed by atoms with Gasteiger partial charge in [-0.15, -0.1) is 0 Å². The Labute approximate surface area is 98.1 Å². The van der Waals surface area contributed by atoms with E-state index in [1.807, 2.05) is 0 Å². The Morgan fingerprint density at radius 2 is 1.94 bits per heavy atom. The Hall–Kier alpha value is -1.10. The number of carbonyl (C=O) groups is 1. The van der Waals surface area contributed by atoms with Crippen molar-refractivity contribution >= 4 is 17.4 Å². The highest BCUT2D eigenvalue weighted by Gasteiger charge is 2.34. The van der Waals surface area contributed by atoms with Crippen LogP contribution in [0.5, 0.6) is 5.75 Å². The van der Waals surface area contributed by atoms with Gasteiger partial charge in [-0.3, -0.25) is 4.79 Å². The van der Waals surface area contributed by atoms with E-state index in [0.29, 0.717) is 5.02 Å². The lowest BCUT2D eigenvalue weighted by atomic mass is 9.83. The van der Waals surface area contributed by atoms with Crippen LogP contribution in [0.4, 0.5) is 0 Å². The molecule has 1 aromatic rings. The van der Waals surface area contributed by atoms with E-state index in [9.17, 15) is 9.90 Å². The van der Waals surface area contributed by atoms with Crippen molar-refractivity contribution in [2.24, 2.45) is 5.41 Å². The molecule has 5 heteroatoms. The van der Waals surface area contributed by atoms with Crippen LogP contribution in [0.25, 0.3) is 0 Å². The van der Waals surface area contributed by atoms with Gasteiger partial charge in [0.1, 0.15) is 5.75 Å². The normalized spacial score (nSPS) is 11.5. The van der Waals surface area contributed by atoms with Crippen LogP contribution in [0.1, 0.15) is 17.3 Å². The summed E-state index contributed by atoms with van der Waals surface area (Å²) >= 11 is 5.71. The molecular weight excluding hydrogens is 232 g/mol. The number of Topliss-reactive ketones (excluding diaryl/α,β-unsaturated/α-hetero) is 1. The zero-order valence-electron chi connectivity index (χ0n) is 8.77. The van der Waals surface area contributed by atoms with Crippen molar-refractivity contribution in [2.45, 2.75) is 6.92 Å². The molecule has 0 aliphatic rings. The van der Waals surface area contributed by atoms with Gasteiger partial charge in [0.2, 0.25) is 0 Å². The first-order valence-electron chi connectivity index (χ1n) is 4.69. The summed E-state index contributed by atoms with van der Waals surface area (Å²) in [5.41, 5.74) is -1.32. The number of phenolic OH excluding ortho intramolecular Hbond substituents is 1. The molecule has 0 heterocycles. The van der Waals surface area contributed by atoms with Crippen LogP contribution in [-0.2, 0) is 0 Å². The Morgan fingerprint density at radius 3 is 2.44 bits per heavy atom. The average Bonchev–Trinajstić information content (AvgIpc) is 2.30. The minimum absolute atomic E-state index is 0.00176. The maximum Gasteiger partial charge on any atom is 0.177 e. The van der Waals surface area contributed by atoms with E-state index in [4.69, 9.17) is 21.8 Å². The van der Waals surface area contributed by atoms with Gasteiger partial charge in [-0.2, -0.15) is 0 Å². The van der Waals surface area contributed by atoms with Gasteiger partial charge in [0.05, 0.1) is 24.2 Å². The summed E-state index contributed by atoms with van der Waals surface area (Å²) in [4.78, 5) is 12.0. The number of ketones is 1. The van der Waals surface area contributed by atoms with Gasteiger partial charge < -0.3 is 15.3 Å². The maximum absolute atomic E-state index is 12.0. The summed E-state index contributed by atoms with van der Waals surface area (Å²) in [6.45, 7) is 0.401. The number of phenols is 1. The number of benzene rings is 1. The molecular formula is C11H13ClO4. The van der Waals surface area contributed by atoms with Gasteiger partial charge in [-0.1, -0.05) is 11.6 Å². The monoisotopic (exact) mass is 244 g/mol. The predicted octanol–water partition coefficient (Wildman–Crippen LogP) is 1.22. The van der Waals surface area contributed by atoms with E-state index in [-0.39, 0.29) is 11.3 Å². The molecule has 3 N–H and O–H groups in total. The topological polar surface area (TPSA) is 77.8 Å². The van der Waals surface area contributed by atoms with Crippen LogP contribution in [0.15, 0.2) is 18.2 Å². The van der Waals surface area contributed by atoms with Crippen molar-refractivity contribution in [1.82, 2.24) is 0 Å². The van der Waals surface area contributed by atoms with Crippen molar-refractivity contribution in [2.75, 3.05) is 13.2 Å². The minimum Gasteiger partial charge on any atom is -0.507 e. The summed E-state index contributed by atoms with van der Waals surface area (Å²) in [5.74, 6) is -0.764. The predicted molar refractivity (Wildman–Crippen MR) is 59.7 cm³/mol. The summed E-state index contributed by atoms with van der Waals surface area (Å²) in [7, 11) is 0. The Balaban J connectivity index is 3.18. The lowest BCUT2D eigenvalue weighted by Gasteiger charge is -2.23. The average molecular weight is 245 g/mol. The van der Waals surface area contributed by atoms with Crippen molar-refractivity contribution in [3.05, 3.63) is 28.8 Å². The molecule has 0 aliphatic heterocycles. The molecule has 0 spiro atoms. The first-order valence-corrected chi connectivity index (χ1v) is 5.07. The summed E-state index contributed by atoms with van der Waals surface area (Å²) in [5, 5.41) is 28.0. The number of hydrogen-bond donors (Lipinski definition) is 3. The van der Waals surface area contributed by atoms with Gasteiger partial charge in [-0.25, -0.2) is 0 Å². The molecule has 0 fully saturated rings. The van der Waals surface area contributed by atoms with Gasteiger partial charge in [0, 0.05) is 5.02 Å². The number of rotatable bonds is 4. The van der Waals surface area contributed by atoms with E-state index in [1.54, 1.807) is 0 Å². The zero-order valence-corrected chi connectivity index (χ0v) is 9.53. The lowest BCUT2D eigenvalue weighted by Crippen LogP contribution is -2.35. The second-order valence-corrected chi connectivity index (χ2v) is 4.30. The third-order valence-corrected chi connectivity index (χ3v) is 2.68. The third-order valence-electron chi connectivity index (χ3n) is 2.45. The fourth-order valence-electron chi connectivity index (χ4n) is 1.21. The molecule has 0 radical (unpaired) electrons. The fourth-order valence-corrected chi connectivity index (χ4v) is 1.38. The number of halogens is 1.